The first-order valence-electron chi connectivity index (χ1n) is 45.3. The van der Waals surface area contributed by atoms with Crippen LogP contribution in [0.5, 0.6) is 34.5 Å². The normalized spacial score (nSPS) is 12.5. The number of methoxy groups -OCH3 is 3. The molecule has 692 valence electrons. The van der Waals surface area contributed by atoms with Gasteiger partial charge in [0.2, 0.25) is 0 Å². The number of rotatable bonds is 31. The Labute approximate surface area is 779 Å². The standard InChI is InChI=1S/C104H123N21O8/c1-101(2,3)80-49-68-43-74-55-86(114-117-105)57-76(94(74)127-16)45-70-51-81(102(4,5)6)53-72(98(70)131-66-92-111-36-39-121(92)14)47-78-59-88(125-90(30-22-26-34-113-100(126)133-104(10,11)12)89(116-119-125)64-124(63-85-29-21-25-33-109-85)42-41-123(61-83-27-19-23-31-107-83)62-84-28-20-24-32-108-84)60-79(96(78)129-18)48-73-54-82(103(7,8)9)52-71(99(73)132-67-93-112-37-40-122(93)15)46-77-58-87(115-118-106)56-75(95(77)128-17)44-69(50-80)97(68)130-65-91-110-35-38-120(91)13/h19-21,23-25,27-29,31-33,35-40,49-60H,22,26,30,34,41-48,61-67H2,1-18H3,(H,113,126). The summed E-state index contributed by atoms with van der Waals surface area (Å²) in [6, 6.07) is 43.4. The predicted octanol–water partition coefficient (Wildman–Crippen LogP) is 20.6. The molecule has 0 saturated heterocycles. The highest BCUT2D eigenvalue weighted by Gasteiger charge is 2.32. The zero-order chi connectivity index (χ0) is 94.3. The second kappa shape index (κ2) is 42.1. The minimum absolute atomic E-state index is 0.0908. The highest BCUT2D eigenvalue weighted by molar-refractivity contribution is 5.68. The molecule has 1 N–H and O–H groups in total. The van der Waals surface area contributed by atoms with Crippen molar-refractivity contribution in [2.75, 3.05) is 41.0 Å². The molecule has 0 fully saturated rings. The lowest BCUT2D eigenvalue weighted by Crippen LogP contribution is -2.35. The molecule has 133 heavy (non-hydrogen) atoms. The average Bonchev–Trinajstić information content (AvgIpc) is 1.72. The molecule has 13 aromatic rings. The number of pyridine rings is 3. The number of azide groups is 2. The maximum Gasteiger partial charge on any atom is 0.407 e. The summed E-state index contributed by atoms with van der Waals surface area (Å²) in [5, 5.41) is 22.4. The quantitative estimate of drug-likeness (QED) is 0.0183. The van der Waals surface area contributed by atoms with Crippen molar-refractivity contribution < 1.29 is 38.0 Å². The zero-order valence-electron chi connectivity index (χ0n) is 80.0. The zero-order valence-corrected chi connectivity index (χ0v) is 80.0. The SMILES string of the molecule is COc1c2cc(N=[N+]=[N-])cc1Cc1cc(C(C)(C)C)cc(c1OCc1nccn1C)Cc1cc(-n3nnc(CN(CCN(Cc4ccccn4)Cc4ccccn4)Cc4ccccn4)c3CCCCNC(=O)OC(C)(C)C)cc(c1OC)Cc1cc(C(C)(C)C)cc(c1OCc1nccn1C)Cc1cc(N=[N+]=[N-])cc(c1OC)Cc1cc(C(C)(C)C)cc(c1OCc1nccn1C)C2. The van der Waals surface area contributed by atoms with Gasteiger partial charge in [-0.25, -0.2) is 24.4 Å². The van der Waals surface area contributed by atoms with E-state index in [1.165, 1.54) is 0 Å². The van der Waals surface area contributed by atoms with Crippen molar-refractivity contribution in [1.82, 2.24) is 73.7 Å². The van der Waals surface area contributed by atoms with Gasteiger partial charge in [0.1, 0.15) is 83.1 Å². The number of imidazole rings is 3. The van der Waals surface area contributed by atoms with Crippen LogP contribution in [-0.4, -0.2) is 121 Å². The number of hydrogen-bond acceptors (Lipinski definition) is 20. The number of nitrogens with zero attached hydrogens (tertiary/aromatic N) is 20. The molecule has 29 nitrogen and oxygen atoms in total. The van der Waals surface area contributed by atoms with Crippen molar-refractivity contribution in [1.29, 1.82) is 0 Å². The third-order valence-corrected chi connectivity index (χ3v) is 24.1. The van der Waals surface area contributed by atoms with Crippen LogP contribution in [0, 0.1) is 0 Å². The van der Waals surface area contributed by atoms with Crippen LogP contribution in [0.15, 0.2) is 193 Å². The Kier molecular flexibility index (Phi) is 30.2. The minimum Gasteiger partial charge on any atom is -0.496 e. The van der Waals surface area contributed by atoms with Gasteiger partial charge >= 0.3 is 6.09 Å². The van der Waals surface area contributed by atoms with Crippen LogP contribution < -0.4 is 33.7 Å². The second-order valence-electron chi connectivity index (χ2n) is 38.3. The number of aryl methyl sites for hydroxylation is 3. The molecule has 0 aliphatic heterocycles. The van der Waals surface area contributed by atoms with Crippen LogP contribution in [0.4, 0.5) is 16.2 Å². The summed E-state index contributed by atoms with van der Waals surface area (Å²) in [5.74, 6) is 5.64. The Bertz CT molecular complexity index is 6060. The van der Waals surface area contributed by atoms with Crippen LogP contribution in [-0.2, 0) is 133 Å². The molecule has 0 atom stereocenters. The first-order chi connectivity index (χ1) is 63.8. The van der Waals surface area contributed by atoms with E-state index in [1.54, 1.807) is 39.9 Å². The van der Waals surface area contributed by atoms with Crippen molar-refractivity contribution in [3.63, 3.8) is 0 Å². The largest absolute Gasteiger partial charge is 0.496 e. The number of fused-ring (bicyclic) bond motifs is 12. The van der Waals surface area contributed by atoms with Gasteiger partial charge in [0.15, 0.2) is 0 Å². The molecule has 1 aliphatic rings. The number of carbonyl (C=O) groups is 1. The molecular formula is C104H123N21O8. The lowest BCUT2D eigenvalue weighted by molar-refractivity contribution is 0.0526. The van der Waals surface area contributed by atoms with E-state index in [0.29, 0.717) is 134 Å². The molecule has 12 bridgehead atoms. The maximum absolute atomic E-state index is 13.3. The Morgan fingerprint density at radius 3 is 1.05 bits per heavy atom. The number of alkyl carbamates (subject to hydrolysis) is 1. The average molecular weight is 1800 g/mol. The van der Waals surface area contributed by atoms with Gasteiger partial charge in [0.25, 0.3) is 0 Å². The number of aromatic nitrogens is 12. The van der Waals surface area contributed by atoms with Crippen molar-refractivity contribution in [3.05, 3.63) is 333 Å². The molecule has 29 heteroatoms. The fourth-order valence-corrected chi connectivity index (χ4v) is 17.2. The number of amides is 1. The number of ether oxygens (including phenoxy) is 7. The van der Waals surface area contributed by atoms with Gasteiger partial charge in [-0.15, -0.1) is 5.10 Å². The summed E-state index contributed by atoms with van der Waals surface area (Å²) in [5.41, 5.74) is 37.5. The Morgan fingerprint density at radius 2 is 0.759 bits per heavy atom. The van der Waals surface area contributed by atoms with Crippen molar-refractivity contribution in [3.8, 4) is 40.2 Å². The van der Waals surface area contributed by atoms with Gasteiger partial charge in [-0.05, 0) is 212 Å². The van der Waals surface area contributed by atoms with Gasteiger partial charge in [-0.2, -0.15) is 0 Å². The van der Waals surface area contributed by atoms with Crippen molar-refractivity contribution in [2.45, 2.75) is 209 Å². The summed E-state index contributed by atoms with van der Waals surface area (Å²) in [6.45, 7) is 29.3. The number of hydrogen-bond donors (Lipinski definition) is 1. The third kappa shape index (κ3) is 24.3. The Morgan fingerprint density at radius 1 is 0.429 bits per heavy atom. The fourth-order valence-electron chi connectivity index (χ4n) is 17.2. The van der Waals surface area contributed by atoms with Crippen LogP contribution in [0.1, 0.15) is 225 Å². The van der Waals surface area contributed by atoms with E-state index in [1.807, 2.05) is 158 Å². The molecule has 0 unspecified atom stereocenters. The maximum atomic E-state index is 13.3. The van der Waals surface area contributed by atoms with Crippen LogP contribution in [0.2, 0.25) is 0 Å². The third-order valence-electron chi connectivity index (χ3n) is 24.1. The van der Waals surface area contributed by atoms with Crippen LogP contribution >= 0.6 is 0 Å². The van der Waals surface area contributed by atoms with Gasteiger partial charge in [0.05, 0.1) is 49.8 Å². The summed E-state index contributed by atoms with van der Waals surface area (Å²) in [7, 11) is 10.9. The summed E-state index contributed by atoms with van der Waals surface area (Å²) in [4.78, 5) is 53.8. The monoisotopic (exact) mass is 1790 g/mol. The molecule has 14 rings (SSSR count). The Balaban J connectivity index is 1.04. The van der Waals surface area contributed by atoms with Crippen LogP contribution in [0.3, 0.4) is 0 Å². The van der Waals surface area contributed by atoms with Gasteiger partial charge in [-0.3, -0.25) is 24.8 Å². The van der Waals surface area contributed by atoms with E-state index < -0.39 is 27.9 Å². The van der Waals surface area contributed by atoms with E-state index >= 15 is 0 Å². The fraction of sp³-hybridized carbons (Fsp3) is 0.394. The smallest absolute Gasteiger partial charge is 0.407 e. The van der Waals surface area contributed by atoms with Crippen LogP contribution in [0.25, 0.3) is 26.6 Å². The summed E-state index contributed by atoms with van der Waals surface area (Å²) < 4.78 is 56.4. The van der Waals surface area contributed by atoms with Gasteiger partial charge in [-0.1, -0.05) is 132 Å². The molecule has 0 saturated carbocycles. The van der Waals surface area contributed by atoms with E-state index in [9.17, 15) is 15.9 Å². The molecular weight excluding hydrogens is 1670 g/mol. The minimum atomic E-state index is -0.694. The summed E-state index contributed by atoms with van der Waals surface area (Å²) in [6.07, 6.45) is 19.1. The molecule has 7 aromatic heterocycles. The predicted molar refractivity (Wildman–Crippen MR) is 515 cm³/mol. The number of nitrogens with one attached hydrogen (secondary N) is 1. The molecule has 1 amide bonds. The summed E-state index contributed by atoms with van der Waals surface area (Å²) >= 11 is 0. The molecule has 6 aromatic carbocycles. The van der Waals surface area contributed by atoms with Gasteiger partial charge < -0.3 is 52.2 Å². The lowest BCUT2D eigenvalue weighted by Gasteiger charge is -2.27. The highest BCUT2D eigenvalue weighted by Crippen LogP contribution is 2.47. The molecule has 1 aliphatic carbocycles. The highest BCUT2D eigenvalue weighted by atomic mass is 16.6. The van der Waals surface area contributed by atoms with E-state index in [4.69, 9.17) is 73.4 Å². The number of carbonyl (C=O) groups excluding carboxylic acids is 1. The topological polar surface area (TPSA) is 321 Å². The number of unbranched alkanes of at least 4 members (excludes halogenated alkanes) is 1. The number of benzene rings is 6. The van der Waals surface area contributed by atoms with E-state index in [-0.39, 0.29) is 58.3 Å². The van der Waals surface area contributed by atoms with Gasteiger partial charge in [0, 0.05) is 194 Å². The molecule has 0 radical (unpaired) electrons. The molecule has 7 heterocycles. The van der Waals surface area contributed by atoms with Crippen molar-refractivity contribution in [2.24, 2.45) is 31.4 Å². The molecule has 0 spiro atoms. The van der Waals surface area contributed by atoms with E-state index in [2.05, 4.69) is 164 Å². The lowest BCUT2D eigenvalue weighted by atomic mass is 9.81. The first-order valence-corrected chi connectivity index (χ1v) is 45.3. The van der Waals surface area contributed by atoms with Crippen molar-refractivity contribution >= 4 is 17.5 Å². The van der Waals surface area contributed by atoms with E-state index in [0.717, 1.165) is 112 Å². The Hall–Kier alpha value is -13.9. The second-order valence-corrected chi connectivity index (χ2v) is 38.3. The first kappa shape index (κ1) is 95.2.